The van der Waals surface area contributed by atoms with E-state index >= 15 is 0 Å². The Bertz CT molecular complexity index is 1070. The molecule has 0 aliphatic carbocycles. The molecule has 156 valence electrons. The molecule has 10 heteroatoms. The van der Waals surface area contributed by atoms with E-state index in [0.717, 1.165) is 17.7 Å². The highest BCUT2D eigenvalue weighted by Crippen LogP contribution is 2.15. The lowest BCUT2D eigenvalue weighted by Gasteiger charge is -2.07. The average Bonchev–Trinajstić information content (AvgIpc) is 3.06. The van der Waals surface area contributed by atoms with E-state index in [0.29, 0.717) is 23.7 Å². The van der Waals surface area contributed by atoms with Crippen molar-refractivity contribution in [3.63, 3.8) is 0 Å². The average molecular weight is 434 g/mol. The van der Waals surface area contributed by atoms with Crippen LogP contribution in [0.3, 0.4) is 0 Å². The number of anilines is 1. The summed E-state index contributed by atoms with van der Waals surface area (Å²) < 4.78 is 27.6. The molecule has 0 atom stereocenters. The second kappa shape index (κ2) is 9.45. The van der Waals surface area contributed by atoms with E-state index in [9.17, 15) is 18.4 Å². The Kier molecular flexibility index (Phi) is 6.73. The van der Waals surface area contributed by atoms with E-state index in [-0.39, 0.29) is 23.8 Å². The Morgan fingerprint density at radius 1 is 1.10 bits per heavy atom. The van der Waals surface area contributed by atoms with Gasteiger partial charge in [0.15, 0.2) is 17.3 Å². The summed E-state index contributed by atoms with van der Waals surface area (Å²) in [6.45, 7) is 1.90. The molecule has 2 amide bonds. The minimum absolute atomic E-state index is 0.0197. The number of benzene rings is 2. The molecule has 2 N–H and O–H groups in total. The maximum Gasteiger partial charge on any atom is 0.278 e. The van der Waals surface area contributed by atoms with Gasteiger partial charge in [-0.15, -0.1) is 5.10 Å². The zero-order valence-corrected chi connectivity index (χ0v) is 16.7. The molecule has 0 unspecified atom stereocenters. The Labute approximate surface area is 176 Å². The molecule has 30 heavy (non-hydrogen) atoms. The molecule has 0 spiro atoms. The molecule has 0 aliphatic heterocycles. The van der Waals surface area contributed by atoms with E-state index < -0.39 is 17.5 Å². The van der Waals surface area contributed by atoms with Crippen LogP contribution >= 0.6 is 11.6 Å². The molecule has 3 aromatic rings. The first-order chi connectivity index (χ1) is 14.3. The van der Waals surface area contributed by atoms with Gasteiger partial charge in [0, 0.05) is 23.3 Å². The van der Waals surface area contributed by atoms with Crippen LogP contribution in [0.2, 0.25) is 5.02 Å². The van der Waals surface area contributed by atoms with Crippen LogP contribution in [-0.2, 0) is 17.8 Å². The van der Waals surface area contributed by atoms with E-state index in [1.807, 2.05) is 12.1 Å². The highest BCUT2D eigenvalue weighted by Gasteiger charge is 2.18. The number of hydrogen-bond acceptors (Lipinski definition) is 4. The normalized spacial score (nSPS) is 10.7. The van der Waals surface area contributed by atoms with Crippen LogP contribution < -0.4 is 10.6 Å². The molecule has 0 radical (unpaired) electrons. The Morgan fingerprint density at radius 3 is 2.53 bits per heavy atom. The molecular weight excluding hydrogens is 416 g/mol. The number of nitrogens with zero attached hydrogens (tertiary/aromatic N) is 3. The molecule has 0 saturated heterocycles. The SMILES string of the molecule is Cc1c(C(=O)Nc2ccc(F)c(F)c2)nnn1CC(=O)NCCc1ccc(Cl)cc1. The van der Waals surface area contributed by atoms with E-state index in [4.69, 9.17) is 11.6 Å². The second-order valence-electron chi connectivity index (χ2n) is 6.49. The number of carbonyl (C=O) groups is 2. The van der Waals surface area contributed by atoms with Crippen molar-refractivity contribution in [2.75, 3.05) is 11.9 Å². The summed E-state index contributed by atoms with van der Waals surface area (Å²) in [4.78, 5) is 24.5. The minimum atomic E-state index is -1.08. The van der Waals surface area contributed by atoms with Gasteiger partial charge in [0.05, 0.1) is 5.69 Å². The van der Waals surface area contributed by atoms with Gasteiger partial charge in [-0.25, -0.2) is 13.5 Å². The summed E-state index contributed by atoms with van der Waals surface area (Å²) in [6.07, 6.45) is 0.640. The molecule has 0 fully saturated rings. The molecule has 0 saturated carbocycles. The smallest absolute Gasteiger partial charge is 0.278 e. The van der Waals surface area contributed by atoms with Gasteiger partial charge in [0.25, 0.3) is 5.91 Å². The van der Waals surface area contributed by atoms with E-state index in [1.54, 1.807) is 19.1 Å². The van der Waals surface area contributed by atoms with Gasteiger partial charge < -0.3 is 10.6 Å². The summed E-state index contributed by atoms with van der Waals surface area (Å²) in [5.74, 6) is -3.03. The van der Waals surface area contributed by atoms with Crippen molar-refractivity contribution in [1.29, 1.82) is 0 Å². The predicted molar refractivity (Wildman–Crippen MR) is 107 cm³/mol. The topological polar surface area (TPSA) is 88.9 Å². The third kappa shape index (κ3) is 5.38. The summed E-state index contributed by atoms with van der Waals surface area (Å²) >= 11 is 5.84. The first-order valence-electron chi connectivity index (χ1n) is 9.01. The van der Waals surface area contributed by atoms with Gasteiger partial charge in [-0.3, -0.25) is 9.59 Å². The summed E-state index contributed by atoms with van der Waals surface area (Å²) in [5, 5.41) is 13.4. The lowest BCUT2D eigenvalue weighted by molar-refractivity contribution is -0.121. The minimum Gasteiger partial charge on any atom is -0.354 e. The van der Waals surface area contributed by atoms with Crippen molar-refractivity contribution in [1.82, 2.24) is 20.3 Å². The quantitative estimate of drug-likeness (QED) is 0.599. The van der Waals surface area contributed by atoms with Crippen LogP contribution in [0.4, 0.5) is 14.5 Å². The van der Waals surface area contributed by atoms with Crippen molar-refractivity contribution < 1.29 is 18.4 Å². The standard InChI is InChI=1S/C20H18ClF2N5O2/c1-12-19(20(30)25-15-6-7-16(22)17(23)10-15)26-27-28(12)11-18(29)24-9-8-13-2-4-14(21)5-3-13/h2-7,10H,8-9,11H2,1H3,(H,24,29)(H,25,30). The first-order valence-corrected chi connectivity index (χ1v) is 9.39. The van der Waals surface area contributed by atoms with Gasteiger partial charge >= 0.3 is 0 Å². The second-order valence-corrected chi connectivity index (χ2v) is 6.93. The number of halogens is 3. The van der Waals surface area contributed by atoms with Gasteiger partial charge in [-0.05, 0) is 43.2 Å². The fraction of sp³-hybridized carbons (Fsp3) is 0.200. The maximum atomic E-state index is 13.3. The van der Waals surface area contributed by atoms with Crippen molar-refractivity contribution in [2.45, 2.75) is 19.9 Å². The van der Waals surface area contributed by atoms with E-state index in [1.165, 1.54) is 10.7 Å². The molecule has 1 heterocycles. The summed E-state index contributed by atoms with van der Waals surface area (Å²) in [5.41, 5.74) is 1.46. The molecule has 2 aromatic carbocycles. The van der Waals surface area contributed by atoms with Crippen LogP contribution in [0, 0.1) is 18.6 Å². The molecule has 1 aromatic heterocycles. The summed E-state index contributed by atoms with van der Waals surface area (Å²) in [7, 11) is 0. The molecule has 0 aliphatic rings. The highest BCUT2D eigenvalue weighted by atomic mass is 35.5. The number of nitrogens with one attached hydrogen (secondary N) is 2. The van der Waals surface area contributed by atoms with Gasteiger partial charge in [0.2, 0.25) is 5.91 Å². The highest BCUT2D eigenvalue weighted by molar-refractivity contribution is 6.30. The van der Waals surface area contributed by atoms with Crippen molar-refractivity contribution in [3.8, 4) is 0 Å². The monoisotopic (exact) mass is 433 g/mol. The molecule has 7 nitrogen and oxygen atoms in total. The lowest BCUT2D eigenvalue weighted by atomic mass is 10.1. The number of rotatable bonds is 7. The number of aromatic nitrogens is 3. The van der Waals surface area contributed by atoms with Gasteiger partial charge in [-0.1, -0.05) is 28.9 Å². The van der Waals surface area contributed by atoms with Crippen molar-refractivity contribution >= 4 is 29.1 Å². The third-order valence-corrected chi connectivity index (χ3v) is 4.57. The zero-order chi connectivity index (χ0) is 21.7. The van der Waals surface area contributed by atoms with Gasteiger partial charge in [-0.2, -0.15) is 0 Å². The van der Waals surface area contributed by atoms with Crippen LogP contribution in [-0.4, -0.2) is 33.4 Å². The number of carbonyl (C=O) groups excluding carboxylic acids is 2. The summed E-state index contributed by atoms with van der Waals surface area (Å²) in [6, 6.07) is 10.3. The largest absolute Gasteiger partial charge is 0.354 e. The molecule has 3 rings (SSSR count). The third-order valence-electron chi connectivity index (χ3n) is 4.32. The Hall–Kier alpha value is -3.33. The van der Waals surface area contributed by atoms with Crippen molar-refractivity contribution in [3.05, 3.63) is 76.1 Å². The van der Waals surface area contributed by atoms with E-state index in [2.05, 4.69) is 20.9 Å². The first kappa shape index (κ1) is 21.4. The number of amides is 2. The zero-order valence-electron chi connectivity index (χ0n) is 16.0. The Balaban J connectivity index is 1.54. The number of hydrogen-bond donors (Lipinski definition) is 2. The van der Waals surface area contributed by atoms with Crippen LogP contribution in [0.25, 0.3) is 0 Å². The lowest BCUT2D eigenvalue weighted by Crippen LogP contribution is -2.30. The van der Waals surface area contributed by atoms with Crippen LogP contribution in [0.15, 0.2) is 42.5 Å². The van der Waals surface area contributed by atoms with Crippen LogP contribution in [0.5, 0.6) is 0 Å². The Morgan fingerprint density at radius 2 is 1.83 bits per heavy atom. The van der Waals surface area contributed by atoms with Crippen molar-refractivity contribution in [2.24, 2.45) is 0 Å². The fourth-order valence-electron chi connectivity index (χ4n) is 2.67. The fourth-order valence-corrected chi connectivity index (χ4v) is 2.80. The predicted octanol–water partition coefficient (Wildman–Crippen LogP) is 3.13. The maximum absolute atomic E-state index is 13.3. The van der Waals surface area contributed by atoms with Crippen LogP contribution in [0.1, 0.15) is 21.7 Å². The molecular formula is C20H18ClF2N5O2. The van der Waals surface area contributed by atoms with Gasteiger partial charge in [0.1, 0.15) is 6.54 Å². The molecule has 0 bridgehead atoms.